The monoisotopic (exact) mass is 262 g/mol. The van der Waals surface area contributed by atoms with E-state index < -0.39 is 0 Å². The van der Waals surface area contributed by atoms with Gasteiger partial charge in [-0.3, -0.25) is 4.79 Å². The van der Waals surface area contributed by atoms with Gasteiger partial charge in [-0.15, -0.1) is 0 Å². The zero-order valence-corrected chi connectivity index (χ0v) is 11.6. The average Bonchev–Trinajstić information content (AvgIpc) is 3.23. The van der Waals surface area contributed by atoms with Gasteiger partial charge < -0.3 is 15.3 Å². The second kappa shape index (κ2) is 6.06. The van der Waals surface area contributed by atoms with Gasteiger partial charge in [0, 0.05) is 31.9 Å². The number of hydrogen-bond acceptors (Lipinski definition) is 3. The van der Waals surface area contributed by atoms with E-state index in [-0.39, 0.29) is 12.0 Å². The number of anilines is 1. The molecule has 0 saturated heterocycles. The highest BCUT2D eigenvalue weighted by atomic mass is 16.3. The zero-order chi connectivity index (χ0) is 13.8. The quantitative estimate of drug-likeness (QED) is 0.819. The number of aliphatic hydroxyl groups excluding tert-OH is 1. The van der Waals surface area contributed by atoms with E-state index in [0.29, 0.717) is 24.4 Å². The summed E-state index contributed by atoms with van der Waals surface area (Å²) in [4.78, 5) is 13.9. The van der Waals surface area contributed by atoms with Crippen LogP contribution in [0.2, 0.25) is 0 Å². The van der Waals surface area contributed by atoms with Crippen molar-refractivity contribution in [2.75, 3.05) is 25.5 Å². The van der Waals surface area contributed by atoms with Crippen LogP contribution in [0.3, 0.4) is 0 Å². The lowest BCUT2D eigenvalue weighted by molar-refractivity contribution is 0.0937. The van der Waals surface area contributed by atoms with Crippen LogP contribution in [-0.2, 0) is 0 Å². The fourth-order valence-corrected chi connectivity index (χ4v) is 2.08. The third-order valence-electron chi connectivity index (χ3n) is 3.52. The molecule has 19 heavy (non-hydrogen) atoms. The Morgan fingerprint density at radius 3 is 2.84 bits per heavy atom. The lowest BCUT2D eigenvalue weighted by Gasteiger charge is -2.14. The van der Waals surface area contributed by atoms with Crippen LogP contribution >= 0.6 is 0 Å². The van der Waals surface area contributed by atoms with Crippen LogP contribution in [0.25, 0.3) is 0 Å². The second-order valence-electron chi connectivity index (χ2n) is 5.39. The molecule has 1 aromatic carbocycles. The molecule has 1 aliphatic carbocycles. The highest BCUT2D eigenvalue weighted by Crippen LogP contribution is 2.33. The highest BCUT2D eigenvalue weighted by molar-refractivity contribution is 5.95. The normalized spacial score (nSPS) is 15.9. The SMILES string of the molecule is CN(C)c1cccc(C(=O)NCCC(O)C2CC2)c1. The van der Waals surface area contributed by atoms with Crippen LogP contribution in [0.5, 0.6) is 0 Å². The van der Waals surface area contributed by atoms with Crippen LogP contribution in [-0.4, -0.2) is 37.8 Å². The van der Waals surface area contributed by atoms with Crippen LogP contribution < -0.4 is 10.2 Å². The van der Waals surface area contributed by atoms with E-state index in [1.54, 1.807) is 6.07 Å². The van der Waals surface area contributed by atoms with Crippen molar-refractivity contribution in [1.82, 2.24) is 5.32 Å². The molecule has 2 rings (SSSR count). The van der Waals surface area contributed by atoms with Crippen molar-refractivity contribution in [3.63, 3.8) is 0 Å². The summed E-state index contributed by atoms with van der Waals surface area (Å²) in [7, 11) is 3.89. The summed E-state index contributed by atoms with van der Waals surface area (Å²) in [6, 6.07) is 7.52. The summed E-state index contributed by atoms with van der Waals surface area (Å²) in [5.74, 6) is 0.390. The number of hydrogen-bond donors (Lipinski definition) is 2. The molecule has 1 aromatic rings. The molecule has 1 amide bonds. The third kappa shape index (κ3) is 3.96. The molecule has 0 aromatic heterocycles. The van der Waals surface area contributed by atoms with Gasteiger partial charge in [0.25, 0.3) is 5.91 Å². The van der Waals surface area contributed by atoms with Crippen molar-refractivity contribution in [1.29, 1.82) is 0 Å². The molecule has 1 aliphatic rings. The largest absolute Gasteiger partial charge is 0.393 e. The highest BCUT2D eigenvalue weighted by Gasteiger charge is 2.29. The first-order valence-corrected chi connectivity index (χ1v) is 6.81. The van der Waals surface area contributed by atoms with Gasteiger partial charge in [-0.05, 0) is 43.4 Å². The van der Waals surface area contributed by atoms with Crippen molar-refractivity contribution in [2.45, 2.75) is 25.4 Å². The molecule has 104 valence electrons. The Balaban J connectivity index is 1.83. The fraction of sp³-hybridized carbons (Fsp3) is 0.533. The van der Waals surface area contributed by atoms with Crippen molar-refractivity contribution in [3.8, 4) is 0 Å². The van der Waals surface area contributed by atoms with Crippen molar-refractivity contribution in [2.24, 2.45) is 5.92 Å². The summed E-state index contributed by atoms with van der Waals surface area (Å²) in [6.45, 7) is 0.530. The fourth-order valence-electron chi connectivity index (χ4n) is 2.08. The molecule has 0 radical (unpaired) electrons. The smallest absolute Gasteiger partial charge is 0.251 e. The Labute approximate surface area is 114 Å². The molecule has 0 aliphatic heterocycles. The number of carbonyl (C=O) groups is 1. The van der Waals surface area contributed by atoms with E-state index in [1.807, 2.05) is 37.2 Å². The maximum atomic E-state index is 12.0. The standard InChI is InChI=1S/C15H22N2O2/c1-17(2)13-5-3-4-12(10-13)15(19)16-9-8-14(18)11-6-7-11/h3-5,10-11,14,18H,6-9H2,1-2H3,(H,16,19). The molecule has 4 nitrogen and oxygen atoms in total. The van der Waals surface area contributed by atoms with Gasteiger partial charge >= 0.3 is 0 Å². The molecule has 4 heteroatoms. The molecule has 0 spiro atoms. The van der Waals surface area contributed by atoms with E-state index in [9.17, 15) is 9.90 Å². The number of amides is 1. The summed E-state index contributed by atoms with van der Waals surface area (Å²) in [6.07, 6.45) is 2.64. The summed E-state index contributed by atoms with van der Waals surface area (Å²) in [5, 5.41) is 12.6. The number of benzene rings is 1. The first-order valence-electron chi connectivity index (χ1n) is 6.81. The lowest BCUT2D eigenvalue weighted by atomic mass is 10.1. The summed E-state index contributed by atoms with van der Waals surface area (Å²) >= 11 is 0. The predicted molar refractivity (Wildman–Crippen MR) is 76.5 cm³/mol. The minimum absolute atomic E-state index is 0.0771. The van der Waals surface area contributed by atoms with Crippen LogP contribution in [0, 0.1) is 5.92 Å². The van der Waals surface area contributed by atoms with Crippen molar-refractivity contribution in [3.05, 3.63) is 29.8 Å². The maximum Gasteiger partial charge on any atom is 0.251 e. The minimum Gasteiger partial charge on any atom is -0.393 e. The molecule has 0 bridgehead atoms. The maximum absolute atomic E-state index is 12.0. The Morgan fingerprint density at radius 1 is 1.47 bits per heavy atom. The molecular formula is C15H22N2O2. The van der Waals surface area contributed by atoms with Crippen LogP contribution in [0.15, 0.2) is 24.3 Å². The molecule has 0 heterocycles. The third-order valence-corrected chi connectivity index (χ3v) is 3.52. The zero-order valence-electron chi connectivity index (χ0n) is 11.6. The second-order valence-corrected chi connectivity index (χ2v) is 5.39. The number of carbonyl (C=O) groups excluding carboxylic acids is 1. The minimum atomic E-state index is -0.256. The van der Waals surface area contributed by atoms with Gasteiger partial charge in [0.15, 0.2) is 0 Å². The Kier molecular flexibility index (Phi) is 4.43. The van der Waals surface area contributed by atoms with Crippen molar-refractivity contribution >= 4 is 11.6 Å². The number of nitrogens with one attached hydrogen (secondary N) is 1. The van der Waals surface area contributed by atoms with Crippen molar-refractivity contribution < 1.29 is 9.90 Å². The Hall–Kier alpha value is -1.55. The molecule has 1 unspecified atom stereocenters. The molecular weight excluding hydrogens is 240 g/mol. The number of rotatable bonds is 6. The Bertz CT molecular complexity index is 442. The van der Waals surface area contributed by atoms with E-state index in [0.717, 1.165) is 18.5 Å². The summed E-state index contributed by atoms with van der Waals surface area (Å²) < 4.78 is 0. The van der Waals surface area contributed by atoms with Gasteiger partial charge in [0.05, 0.1) is 6.10 Å². The van der Waals surface area contributed by atoms with Gasteiger partial charge in [-0.2, -0.15) is 0 Å². The van der Waals surface area contributed by atoms with Gasteiger partial charge in [-0.25, -0.2) is 0 Å². The van der Waals surface area contributed by atoms with Gasteiger partial charge in [0.2, 0.25) is 0 Å². The van der Waals surface area contributed by atoms with E-state index >= 15 is 0 Å². The van der Waals surface area contributed by atoms with Gasteiger partial charge in [0.1, 0.15) is 0 Å². The van der Waals surface area contributed by atoms with Crippen LogP contribution in [0.4, 0.5) is 5.69 Å². The topological polar surface area (TPSA) is 52.6 Å². The molecule has 1 atom stereocenters. The summed E-state index contributed by atoms with van der Waals surface area (Å²) in [5.41, 5.74) is 1.66. The number of nitrogens with zero attached hydrogens (tertiary/aromatic N) is 1. The average molecular weight is 262 g/mol. The number of aliphatic hydroxyl groups is 1. The first-order chi connectivity index (χ1) is 9.08. The van der Waals surface area contributed by atoms with Gasteiger partial charge in [-0.1, -0.05) is 6.07 Å². The lowest BCUT2D eigenvalue weighted by Crippen LogP contribution is -2.27. The molecule has 1 fully saturated rings. The Morgan fingerprint density at radius 2 is 2.21 bits per heavy atom. The first kappa shape index (κ1) is 13.9. The van der Waals surface area contributed by atoms with E-state index in [2.05, 4.69) is 5.32 Å². The van der Waals surface area contributed by atoms with E-state index in [1.165, 1.54) is 0 Å². The predicted octanol–water partition coefficient (Wildman–Crippen LogP) is 1.64. The molecule has 1 saturated carbocycles. The molecule has 2 N–H and O–H groups in total. The van der Waals surface area contributed by atoms with E-state index in [4.69, 9.17) is 0 Å². The van der Waals surface area contributed by atoms with Crippen LogP contribution in [0.1, 0.15) is 29.6 Å².